The normalized spacial score (nSPS) is 18.9. The number of nitrogens with zero attached hydrogens (tertiary/aromatic N) is 2. The Bertz CT molecular complexity index is 626. The zero-order valence-corrected chi connectivity index (χ0v) is 10.7. The van der Waals surface area contributed by atoms with Crippen LogP contribution >= 0.6 is 0 Å². The Morgan fingerprint density at radius 2 is 2.37 bits per heavy atom. The van der Waals surface area contributed by atoms with Gasteiger partial charge < -0.3 is 14.2 Å². The molecule has 6 heteroatoms. The molecule has 0 aliphatic carbocycles. The van der Waals surface area contributed by atoms with E-state index in [2.05, 4.69) is 15.1 Å². The van der Waals surface area contributed by atoms with Gasteiger partial charge in [0, 0.05) is 18.7 Å². The molecule has 1 aliphatic rings. The number of aromatic amines is 1. The number of pyridine rings is 1. The molecule has 0 aromatic carbocycles. The van der Waals surface area contributed by atoms with Gasteiger partial charge in [0.2, 0.25) is 0 Å². The number of nitrogens with one attached hydrogen (secondary N) is 1. The number of ether oxygens (including phenoxy) is 1. The van der Waals surface area contributed by atoms with E-state index in [1.165, 1.54) is 0 Å². The predicted molar refractivity (Wildman–Crippen MR) is 67.8 cm³/mol. The first-order valence-electron chi connectivity index (χ1n) is 6.37. The van der Waals surface area contributed by atoms with E-state index >= 15 is 0 Å². The molecule has 3 heterocycles. The molecule has 1 unspecified atom stereocenters. The van der Waals surface area contributed by atoms with Gasteiger partial charge in [-0.3, -0.25) is 4.79 Å². The van der Waals surface area contributed by atoms with E-state index in [4.69, 9.17) is 9.26 Å². The fourth-order valence-corrected chi connectivity index (χ4v) is 2.20. The van der Waals surface area contributed by atoms with Gasteiger partial charge in [0.1, 0.15) is 5.56 Å². The highest BCUT2D eigenvalue weighted by Gasteiger charge is 2.20. The van der Waals surface area contributed by atoms with Crippen LogP contribution in [0.2, 0.25) is 0 Å². The zero-order valence-electron chi connectivity index (χ0n) is 10.7. The van der Waals surface area contributed by atoms with Gasteiger partial charge in [0.25, 0.3) is 11.4 Å². The first-order valence-corrected chi connectivity index (χ1v) is 6.37. The summed E-state index contributed by atoms with van der Waals surface area (Å²) in [6.45, 7) is 2.62. The van der Waals surface area contributed by atoms with Crippen molar-refractivity contribution in [3.05, 3.63) is 34.0 Å². The van der Waals surface area contributed by atoms with Gasteiger partial charge in [0.05, 0.1) is 6.10 Å². The van der Waals surface area contributed by atoms with Crippen LogP contribution in [-0.4, -0.2) is 27.8 Å². The van der Waals surface area contributed by atoms with Gasteiger partial charge in [-0.25, -0.2) is 0 Å². The van der Waals surface area contributed by atoms with E-state index in [1.54, 1.807) is 12.1 Å². The van der Waals surface area contributed by atoms with E-state index in [0.717, 1.165) is 25.1 Å². The van der Waals surface area contributed by atoms with Crippen LogP contribution in [0.4, 0.5) is 0 Å². The molecule has 1 fully saturated rings. The molecule has 2 aromatic heterocycles. The van der Waals surface area contributed by atoms with Crippen molar-refractivity contribution in [1.29, 1.82) is 0 Å². The zero-order chi connectivity index (χ0) is 13.2. The highest BCUT2D eigenvalue weighted by atomic mass is 16.5. The van der Waals surface area contributed by atoms with E-state index in [9.17, 15) is 4.79 Å². The molecule has 1 saturated heterocycles. The minimum atomic E-state index is -0.215. The Hall–Kier alpha value is -1.95. The van der Waals surface area contributed by atoms with Crippen molar-refractivity contribution in [1.82, 2.24) is 15.1 Å². The summed E-state index contributed by atoms with van der Waals surface area (Å²) in [5.74, 6) is 0.844. The van der Waals surface area contributed by atoms with Crippen LogP contribution in [0.3, 0.4) is 0 Å². The molecule has 1 N–H and O–H groups in total. The van der Waals surface area contributed by atoms with E-state index in [-0.39, 0.29) is 17.6 Å². The number of aryl methyl sites for hydroxylation is 1. The molecule has 1 atom stereocenters. The maximum atomic E-state index is 11.8. The maximum absolute atomic E-state index is 11.8. The third-order valence-corrected chi connectivity index (χ3v) is 3.19. The summed E-state index contributed by atoms with van der Waals surface area (Å²) in [6.07, 6.45) is 2.90. The van der Waals surface area contributed by atoms with Gasteiger partial charge in [-0.05, 0) is 31.9 Å². The lowest BCUT2D eigenvalue weighted by Gasteiger charge is -2.03. The largest absolute Gasteiger partial charge is 0.378 e. The van der Waals surface area contributed by atoms with Crippen molar-refractivity contribution in [3.63, 3.8) is 0 Å². The minimum absolute atomic E-state index is 0.168. The Morgan fingerprint density at radius 1 is 1.47 bits per heavy atom. The number of hydrogen-bond donors (Lipinski definition) is 1. The summed E-state index contributed by atoms with van der Waals surface area (Å²) in [4.78, 5) is 18.8. The van der Waals surface area contributed by atoms with Gasteiger partial charge in [0.15, 0.2) is 5.82 Å². The molecule has 0 saturated carbocycles. The average Bonchev–Trinajstić information content (AvgIpc) is 3.01. The smallest absolute Gasteiger partial charge is 0.263 e. The maximum Gasteiger partial charge on any atom is 0.263 e. The highest BCUT2D eigenvalue weighted by molar-refractivity contribution is 5.50. The van der Waals surface area contributed by atoms with Crippen LogP contribution in [0.5, 0.6) is 0 Å². The van der Waals surface area contributed by atoms with Crippen LogP contribution in [0.25, 0.3) is 11.5 Å². The van der Waals surface area contributed by atoms with Crippen LogP contribution in [-0.2, 0) is 11.2 Å². The third kappa shape index (κ3) is 2.58. The highest BCUT2D eigenvalue weighted by Crippen LogP contribution is 2.18. The molecule has 2 aromatic rings. The van der Waals surface area contributed by atoms with Crippen LogP contribution < -0.4 is 5.56 Å². The van der Waals surface area contributed by atoms with E-state index < -0.39 is 0 Å². The molecule has 0 radical (unpaired) electrons. The summed E-state index contributed by atoms with van der Waals surface area (Å²) in [5, 5.41) is 3.90. The lowest BCUT2D eigenvalue weighted by Crippen LogP contribution is -2.11. The number of aromatic nitrogens is 3. The molecule has 100 valence electrons. The van der Waals surface area contributed by atoms with E-state index in [0.29, 0.717) is 17.8 Å². The van der Waals surface area contributed by atoms with Crippen molar-refractivity contribution in [2.24, 2.45) is 0 Å². The lowest BCUT2D eigenvalue weighted by molar-refractivity contribution is 0.109. The second-order valence-electron chi connectivity index (χ2n) is 4.74. The lowest BCUT2D eigenvalue weighted by atomic mass is 10.2. The quantitative estimate of drug-likeness (QED) is 0.904. The van der Waals surface area contributed by atoms with Crippen LogP contribution in [0.15, 0.2) is 21.5 Å². The molecule has 0 bridgehead atoms. The topological polar surface area (TPSA) is 81.0 Å². The fraction of sp³-hybridized carbons (Fsp3) is 0.462. The second kappa shape index (κ2) is 4.97. The Morgan fingerprint density at radius 3 is 3.11 bits per heavy atom. The van der Waals surface area contributed by atoms with Crippen molar-refractivity contribution >= 4 is 0 Å². The van der Waals surface area contributed by atoms with Gasteiger partial charge >= 0.3 is 0 Å². The predicted octanol–water partition coefficient (Wildman–Crippen LogP) is 1.45. The van der Waals surface area contributed by atoms with Crippen LogP contribution in [0, 0.1) is 6.92 Å². The molecule has 0 spiro atoms. The fourth-order valence-electron chi connectivity index (χ4n) is 2.20. The first-order chi connectivity index (χ1) is 9.22. The molecule has 3 rings (SSSR count). The second-order valence-corrected chi connectivity index (χ2v) is 4.74. The monoisotopic (exact) mass is 261 g/mol. The summed E-state index contributed by atoms with van der Waals surface area (Å²) >= 11 is 0. The minimum Gasteiger partial charge on any atom is -0.378 e. The van der Waals surface area contributed by atoms with Crippen molar-refractivity contribution in [3.8, 4) is 11.5 Å². The molecule has 1 aliphatic heterocycles. The SMILES string of the molecule is Cc1ccc(-c2nc(CC3CCCO3)no2)c(=O)[nH]1. The third-order valence-electron chi connectivity index (χ3n) is 3.19. The first kappa shape index (κ1) is 12.1. The molecule has 19 heavy (non-hydrogen) atoms. The molecular formula is C13H15N3O3. The van der Waals surface area contributed by atoms with Gasteiger partial charge in [-0.1, -0.05) is 5.16 Å². The number of rotatable bonds is 3. The summed E-state index contributed by atoms with van der Waals surface area (Å²) in [5.41, 5.74) is 0.983. The Kier molecular flexibility index (Phi) is 3.16. The standard InChI is InChI=1S/C13H15N3O3/c1-8-4-5-10(12(17)14-8)13-15-11(16-19-13)7-9-3-2-6-18-9/h4-5,9H,2-3,6-7H2,1H3,(H,14,17). The number of H-pyrrole nitrogens is 1. The Labute approximate surface area is 109 Å². The van der Waals surface area contributed by atoms with Gasteiger partial charge in [-0.15, -0.1) is 0 Å². The molecule has 6 nitrogen and oxygen atoms in total. The van der Waals surface area contributed by atoms with Crippen molar-refractivity contribution < 1.29 is 9.26 Å². The molecule has 0 amide bonds. The van der Waals surface area contributed by atoms with E-state index in [1.807, 2.05) is 6.92 Å². The van der Waals surface area contributed by atoms with Crippen LogP contribution in [0.1, 0.15) is 24.4 Å². The summed E-state index contributed by atoms with van der Waals surface area (Å²) < 4.78 is 10.7. The average molecular weight is 261 g/mol. The Balaban J connectivity index is 1.82. The van der Waals surface area contributed by atoms with Gasteiger partial charge in [-0.2, -0.15) is 4.98 Å². The summed E-state index contributed by atoms with van der Waals surface area (Å²) in [7, 11) is 0. The number of hydrogen-bond acceptors (Lipinski definition) is 5. The summed E-state index contributed by atoms with van der Waals surface area (Å²) in [6, 6.07) is 3.50. The van der Waals surface area contributed by atoms with Crippen molar-refractivity contribution in [2.45, 2.75) is 32.3 Å². The van der Waals surface area contributed by atoms with Crippen molar-refractivity contribution in [2.75, 3.05) is 6.61 Å². The molecular weight excluding hydrogens is 246 g/mol.